The van der Waals surface area contributed by atoms with Crippen LogP contribution in [0.1, 0.15) is 12.8 Å². The highest BCUT2D eigenvalue weighted by molar-refractivity contribution is 5.94. The molecule has 2 aromatic carbocycles. The number of rotatable bonds is 4. The van der Waals surface area contributed by atoms with Crippen molar-refractivity contribution in [1.29, 1.82) is 0 Å². The molecule has 26 heavy (non-hydrogen) atoms. The summed E-state index contributed by atoms with van der Waals surface area (Å²) in [6.45, 7) is 1.05. The van der Waals surface area contributed by atoms with E-state index in [2.05, 4.69) is 10.6 Å². The Morgan fingerprint density at radius 2 is 1.81 bits per heavy atom. The van der Waals surface area contributed by atoms with E-state index in [9.17, 15) is 9.59 Å². The molecule has 1 atom stereocenters. The van der Waals surface area contributed by atoms with Gasteiger partial charge in [0.25, 0.3) is 0 Å². The summed E-state index contributed by atoms with van der Waals surface area (Å²) in [7, 11) is 1.58. The van der Waals surface area contributed by atoms with E-state index in [1.807, 2.05) is 48.5 Å². The number of anilines is 2. The number of nitrogens with zero attached hydrogens (tertiary/aromatic N) is 1. The lowest BCUT2D eigenvalue weighted by atomic mass is 9.97. The molecular formula is C20H23N3O3. The zero-order chi connectivity index (χ0) is 18.4. The second kappa shape index (κ2) is 8.38. The molecule has 1 fully saturated rings. The zero-order valence-corrected chi connectivity index (χ0v) is 14.8. The lowest BCUT2D eigenvalue weighted by molar-refractivity contribution is -0.121. The fraction of sp³-hybridized carbons (Fsp3) is 0.300. The summed E-state index contributed by atoms with van der Waals surface area (Å²) >= 11 is 0. The Morgan fingerprint density at radius 3 is 2.58 bits per heavy atom. The van der Waals surface area contributed by atoms with Crippen LogP contribution >= 0.6 is 0 Å². The zero-order valence-electron chi connectivity index (χ0n) is 14.8. The molecule has 3 rings (SSSR count). The van der Waals surface area contributed by atoms with Gasteiger partial charge in [0.2, 0.25) is 5.91 Å². The third-order valence-electron chi connectivity index (χ3n) is 4.44. The number of benzene rings is 2. The maximum absolute atomic E-state index is 12.5. The largest absolute Gasteiger partial charge is 0.497 e. The average Bonchev–Trinajstić information content (AvgIpc) is 2.69. The first-order valence-corrected chi connectivity index (χ1v) is 8.71. The summed E-state index contributed by atoms with van der Waals surface area (Å²) in [6.07, 6.45) is 1.58. The van der Waals surface area contributed by atoms with Gasteiger partial charge in [-0.1, -0.05) is 24.3 Å². The van der Waals surface area contributed by atoms with Gasteiger partial charge >= 0.3 is 6.03 Å². The molecule has 136 valence electrons. The molecule has 1 saturated heterocycles. The molecule has 1 heterocycles. The SMILES string of the molecule is COc1cccc(NC(=O)N2CCCC(C(=O)Nc3ccccc3)C2)c1. The van der Waals surface area contributed by atoms with Gasteiger partial charge < -0.3 is 20.3 Å². The van der Waals surface area contributed by atoms with Crippen LogP contribution in [0, 0.1) is 5.92 Å². The Kier molecular flexibility index (Phi) is 5.73. The first-order chi connectivity index (χ1) is 12.7. The molecule has 0 bridgehead atoms. The van der Waals surface area contributed by atoms with Gasteiger partial charge in [0.1, 0.15) is 5.75 Å². The number of likely N-dealkylation sites (tertiary alicyclic amines) is 1. The predicted octanol–water partition coefficient (Wildman–Crippen LogP) is 3.58. The lowest BCUT2D eigenvalue weighted by Gasteiger charge is -2.32. The molecule has 6 heteroatoms. The Balaban J connectivity index is 1.58. The average molecular weight is 353 g/mol. The normalized spacial score (nSPS) is 16.7. The third kappa shape index (κ3) is 4.53. The van der Waals surface area contributed by atoms with Crippen LogP contribution in [0.3, 0.4) is 0 Å². The Labute approximate surface area is 153 Å². The second-order valence-corrected chi connectivity index (χ2v) is 6.30. The third-order valence-corrected chi connectivity index (χ3v) is 4.44. The fourth-order valence-corrected chi connectivity index (χ4v) is 3.04. The highest BCUT2D eigenvalue weighted by atomic mass is 16.5. The highest BCUT2D eigenvalue weighted by Crippen LogP contribution is 2.21. The topological polar surface area (TPSA) is 70.7 Å². The lowest BCUT2D eigenvalue weighted by Crippen LogP contribution is -2.45. The van der Waals surface area contributed by atoms with Gasteiger partial charge in [-0.05, 0) is 37.1 Å². The van der Waals surface area contributed by atoms with Crippen molar-refractivity contribution in [2.24, 2.45) is 5.92 Å². The first-order valence-electron chi connectivity index (χ1n) is 8.71. The van der Waals surface area contributed by atoms with E-state index in [-0.39, 0.29) is 17.9 Å². The monoisotopic (exact) mass is 353 g/mol. The number of hydrogen-bond donors (Lipinski definition) is 2. The quantitative estimate of drug-likeness (QED) is 0.883. The van der Waals surface area contributed by atoms with Crippen LogP contribution in [-0.2, 0) is 4.79 Å². The fourth-order valence-electron chi connectivity index (χ4n) is 3.04. The van der Waals surface area contributed by atoms with Crippen LogP contribution in [0.25, 0.3) is 0 Å². The van der Waals surface area contributed by atoms with Crippen molar-refractivity contribution < 1.29 is 14.3 Å². The van der Waals surface area contributed by atoms with E-state index in [0.29, 0.717) is 24.5 Å². The Morgan fingerprint density at radius 1 is 1.04 bits per heavy atom. The van der Waals surface area contributed by atoms with Crippen molar-refractivity contribution in [2.75, 3.05) is 30.8 Å². The smallest absolute Gasteiger partial charge is 0.321 e. The number of methoxy groups -OCH3 is 1. The first kappa shape index (κ1) is 17.8. The van der Waals surface area contributed by atoms with Gasteiger partial charge in [-0.3, -0.25) is 4.79 Å². The number of amides is 3. The highest BCUT2D eigenvalue weighted by Gasteiger charge is 2.28. The molecule has 0 radical (unpaired) electrons. The number of hydrogen-bond acceptors (Lipinski definition) is 3. The van der Waals surface area contributed by atoms with E-state index in [1.54, 1.807) is 18.1 Å². The molecule has 1 aliphatic rings. The molecule has 0 saturated carbocycles. The summed E-state index contributed by atoms with van der Waals surface area (Å²) in [4.78, 5) is 26.7. The van der Waals surface area contributed by atoms with E-state index in [0.717, 1.165) is 18.5 Å². The molecule has 0 aliphatic carbocycles. The number of piperidine rings is 1. The standard InChI is InChI=1S/C20H23N3O3/c1-26-18-11-5-10-17(13-18)22-20(25)23-12-6-7-15(14-23)19(24)21-16-8-3-2-4-9-16/h2-5,8-11,13,15H,6-7,12,14H2,1H3,(H,21,24)(H,22,25). The Bertz CT molecular complexity index is 764. The van der Waals surface area contributed by atoms with Gasteiger partial charge in [0.15, 0.2) is 0 Å². The van der Waals surface area contributed by atoms with Crippen LogP contribution in [0.15, 0.2) is 54.6 Å². The molecule has 1 aliphatic heterocycles. The van der Waals surface area contributed by atoms with Crippen molar-refractivity contribution in [1.82, 2.24) is 4.90 Å². The number of carbonyl (C=O) groups is 2. The number of carbonyl (C=O) groups excluding carboxylic acids is 2. The maximum Gasteiger partial charge on any atom is 0.321 e. The molecule has 2 N–H and O–H groups in total. The maximum atomic E-state index is 12.5. The summed E-state index contributed by atoms with van der Waals surface area (Å²) in [5.41, 5.74) is 1.45. The molecule has 0 aromatic heterocycles. The number of nitrogens with one attached hydrogen (secondary N) is 2. The van der Waals surface area contributed by atoms with E-state index in [1.165, 1.54) is 0 Å². The number of urea groups is 1. The van der Waals surface area contributed by atoms with Gasteiger partial charge in [0, 0.05) is 30.5 Å². The summed E-state index contributed by atoms with van der Waals surface area (Å²) in [6, 6.07) is 16.4. The minimum Gasteiger partial charge on any atom is -0.497 e. The van der Waals surface area contributed by atoms with Crippen LogP contribution in [-0.4, -0.2) is 37.0 Å². The molecule has 1 unspecified atom stereocenters. The number of para-hydroxylation sites is 1. The van der Waals surface area contributed by atoms with Crippen LogP contribution in [0.4, 0.5) is 16.2 Å². The molecule has 2 aromatic rings. The second-order valence-electron chi connectivity index (χ2n) is 6.30. The van der Waals surface area contributed by atoms with Gasteiger partial charge in [-0.2, -0.15) is 0 Å². The van der Waals surface area contributed by atoms with Gasteiger partial charge in [-0.15, -0.1) is 0 Å². The minimum atomic E-state index is -0.208. The van der Waals surface area contributed by atoms with Crippen molar-refractivity contribution in [3.63, 3.8) is 0 Å². The van der Waals surface area contributed by atoms with E-state index >= 15 is 0 Å². The van der Waals surface area contributed by atoms with Crippen molar-refractivity contribution in [3.05, 3.63) is 54.6 Å². The molecule has 3 amide bonds. The van der Waals surface area contributed by atoms with Crippen LogP contribution < -0.4 is 15.4 Å². The van der Waals surface area contributed by atoms with Crippen LogP contribution in [0.5, 0.6) is 5.75 Å². The van der Waals surface area contributed by atoms with Gasteiger partial charge in [0.05, 0.1) is 13.0 Å². The summed E-state index contributed by atoms with van der Waals surface area (Å²) < 4.78 is 5.17. The Hall–Kier alpha value is -3.02. The van der Waals surface area contributed by atoms with Crippen LogP contribution in [0.2, 0.25) is 0 Å². The molecular weight excluding hydrogens is 330 g/mol. The molecule has 0 spiro atoms. The predicted molar refractivity (Wildman–Crippen MR) is 101 cm³/mol. The summed E-state index contributed by atoms with van der Waals surface area (Å²) in [5.74, 6) is 0.427. The van der Waals surface area contributed by atoms with E-state index in [4.69, 9.17) is 4.74 Å². The van der Waals surface area contributed by atoms with Crippen molar-refractivity contribution in [3.8, 4) is 5.75 Å². The van der Waals surface area contributed by atoms with E-state index < -0.39 is 0 Å². The van der Waals surface area contributed by atoms with Crippen molar-refractivity contribution >= 4 is 23.3 Å². The minimum absolute atomic E-state index is 0.0462. The van der Waals surface area contributed by atoms with Crippen molar-refractivity contribution in [2.45, 2.75) is 12.8 Å². The number of ether oxygens (including phenoxy) is 1. The van der Waals surface area contributed by atoms with Gasteiger partial charge in [-0.25, -0.2) is 4.79 Å². The summed E-state index contributed by atoms with van der Waals surface area (Å²) in [5, 5.41) is 5.79. The molecule has 6 nitrogen and oxygen atoms in total.